The Morgan fingerprint density at radius 2 is 1.03 bits per heavy atom. The minimum absolute atomic E-state index is 0.176. The molecule has 8 aliphatic rings. The highest BCUT2D eigenvalue weighted by Crippen LogP contribution is 2.69. The molecule has 4 atom stereocenters. The van der Waals surface area contributed by atoms with Crippen molar-refractivity contribution in [2.45, 2.75) is 67.6 Å². The molecule has 0 fully saturated rings. The van der Waals surface area contributed by atoms with Crippen LogP contribution in [0.5, 0.6) is 17.2 Å². The van der Waals surface area contributed by atoms with Crippen LogP contribution in [-0.2, 0) is 16.2 Å². The maximum Gasteiger partial charge on any atom is 0.132 e. The maximum absolute atomic E-state index is 6.75. The van der Waals surface area contributed by atoms with Crippen LogP contribution in [-0.4, -0.2) is 0 Å². The van der Waals surface area contributed by atoms with E-state index in [1.165, 1.54) is 89.1 Å². The van der Waals surface area contributed by atoms with Crippen LogP contribution in [0.2, 0.25) is 0 Å². The van der Waals surface area contributed by atoms with Gasteiger partial charge in [0.15, 0.2) is 0 Å². The Balaban J connectivity index is 0.00000211. The van der Waals surface area contributed by atoms with Crippen molar-refractivity contribution in [1.29, 1.82) is 0 Å². The standard InChI is InChI=1S/C63H44O2.C2H6/c1-5-21-47-41(17-1)42-18-2-6-22-48(42)61(47,39-33-35-51-45(37-39)43-19-3-7-23-49(43)62(51)53-25-9-13-29-57(53)64-58-30-14-10-26-54(58)62)40-34-36-52-46(38-40)44-20-4-8-24-50(44)63(52)55-27-11-15-31-59(55)65-60-32-16-12-28-56(60)63;1-2/h1-11,13-17,19-27,29-36,38,42,45H,12,18,28,37H2;1-2H3. The average Bonchev–Trinajstić information content (AvgIpc) is 3.98. The van der Waals surface area contributed by atoms with E-state index in [2.05, 4.69) is 206 Å². The summed E-state index contributed by atoms with van der Waals surface area (Å²) in [5.41, 5.74) is 20.5. The van der Waals surface area contributed by atoms with Crippen molar-refractivity contribution in [3.63, 3.8) is 0 Å². The fourth-order valence-corrected chi connectivity index (χ4v) is 14.4. The molecule has 0 amide bonds. The lowest BCUT2D eigenvalue weighted by Gasteiger charge is -2.43. The Morgan fingerprint density at radius 1 is 0.463 bits per heavy atom. The summed E-state index contributed by atoms with van der Waals surface area (Å²) in [6.07, 6.45) is 20.6. The lowest BCUT2D eigenvalue weighted by molar-refractivity contribution is 0.389. The molecule has 7 aromatic rings. The molecule has 2 heterocycles. The van der Waals surface area contributed by atoms with E-state index in [0.29, 0.717) is 5.92 Å². The molecule has 0 saturated heterocycles. The molecule has 67 heavy (non-hydrogen) atoms. The Kier molecular flexibility index (Phi) is 8.28. The molecule has 2 nitrogen and oxygen atoms in total. The number of ether oxygens (including phenoxy) is 2. The molecule has 6 aliphatic carbocycles. The minimum Gasteiger partial charge on any atom is -0.457 e. The topological polar surface area (TPSA) is 18.5 Å². The molecule has 2 spiro atoms. The summed E-state index contributed by atoms with van der Waals surface area (Å²) in [7, 11) is 0. The van der Waals surface area contributed by atoms with Gasteiger partial charge in [-0.1, -0.05) is 195 Å². The Hall–Kier alpha value is -7.42. The number of para-hydroxylation sites is 3. The zero-order valence-electron chi connectivity index (χ0n) is 37.9. The summed E-state index contributed by atoms with van der Waals surface area (Å²) >= 11 is 0. The Labute approximate surface area is 393 Å². The molecule has 2 heteroatoms. The second-order valence-electron chi connectivity index (χ2n) is 19.1. The van der Waals surface area contributed by atoms with Gasteiger partial charge in [-0.05, 0) is 123 Å². The van der Waals surface area contributed by atoms with E-state index >= 15 is 0 Å². The Morgan fingerprint density at radius 3 is 1.76 bits per heavy atom. The second-order valence-corrected chi connectivity index (χ2v) is 19.1. The highest BCUT2D eigenvalue weighted by molar-refractivity contribution is 5.89. The zero-order chi connectivity index (χ0) is 44.5. The molecule has 15 rings (SSSR count). The highest BCUT2D eigenvalue weighted by Gasteiger charge is 2.59. The van der Waals surface area contributed by atoms with Crippen LogP contribution in [0.15, 0.2) is 234 Å². The quantitative estimate of drug-likeness (QED) is 0.172. The lowest BCUT2D eigenvalue weighted by Crippen LogP contribution is -2.36. The smallest absolute Gasteiger partial charge is 0.132 e. The monoisotopic (exact) mass is 862 g/mol. The summed E-state index contributed by atoms with van der Waals surface area (Å²) in [6, 6.07) is 61.9. The molecular formula is C65H50O2. The van der Waals surface area contributed by atoms with Crippen molar-refractivity contribution >= 4 is 0 Å². The van der Waals surface area contributed by atoms with E-state index in [1.807, 2.05) is 13.8 Å². The van der Waals surface area contributed by atoms with Gasteiger partial charge in [-0.2, -0.15) is 0 Å². The third-order valence-corrected chi connectivity index (χ3v) is 16.6. The minimum atomic E-state index is -0.477. The number of hydrogen-bond acceptors (Lipinski definition) is 2. The summed E-state index contributed by atoms with van der Waals surface area (Å²) in [5.74, 6) is 4.31. The van der Waals surface area contributed by atoms with E-state index < -0.39 is 16.2 Å². The van der Waals surface area contributed by atoms with Crippen LogP contribution in [0.3, 0.4) is 0 Å². The molecule has 0 N–H and O–H groups in total. The number of allylic oxidation sites excluding steroid dienone is 11. The van der Waals surface area contributed by atoms with Gasteiger partial charge < -0.3 is 9.47 Å². The predicted octanol–water partition coefficient (Wildman–Crippen LogP) is 15.8. The first-order valence-electron chi connectivity index (χ1n) is 24.5. The molecule has 2 aliphatic heterocycles. The number of fused-ring (bicyclic) bond motifs is 20. The van der Waals surface area contributed by atoms with Crippen molar-refractivity contribution in [2.75, 3.05) is 0 Å². The largest absolute Gasteiger partial charge is 0.457 e. The summed E-state index contributed by atoms with van der Waals surface area (Å²) in [6.45, 7) is 4.00. The van der Waals surface area contributed by atoms with Crippen LogP contribution in [0.25, 0.3) is 11.1 Å². The summed E-state index contributed by atoms with van der Waals surface area (Å²) in [5, 5.41) is 0. The van der Waals surface area contributed by atoms with E-state index in [4.69, 9.17) is 9.47 Å². The molecule has 0 aromatic heterocycles. The first kappa shape index (κ1) is 38.8. The normalized spacial score (nSPS) is 24.0. The third kappa shape index (κ3) is 4.76. The van der Waals surface area contributed by atoms with E-state index in [1.54, 1.807) is 0 Å². The van der Waals surface area contributed by atoms with Gasteiger partial charge in [0.25, 0.3) is 0 Å². The molecule has 0 saturated carbocycles. The van der Waals surface area contributed by atoms with Crippen LogP contribution >= 0.6 is 0 Å². The average molecular weight is 863 g/mol. The van der Waals surface area contributed by atoms with Gasteiger partial charge in [-0.3, -0.25) is 0 Å². The molecule has 0 radical (unpaired) electrons. The van der Waals surface area contributed by atoms with Crippen LogP contribution in [0, 0.1) is 0 Å². The lowest BCUT2D eigenvalue weighted by atomic mass is 9.59. The fraction of sp³-hybridized carbons (Fsp3) is 0.169. The zero-order valence-corrected chi connectivity index (χ0v) is 37.9. The van der Waals surface area contributed by atoms with Crippen molar-refractivity contribution < 1.29 is 9.47 Å². The molecule has 0 bridgehead atoms. The fourth-order valence-electron chi connectivity index (χ4n) is 14.4. The van der Waals surface area contributed by atoms with Crippen LogP contribution in [0.1, 0.15) is 107 Å². The van der Waals surface area contributed by atoms with Gasteiger partial charge in [-0.25, -0.2) is 0 Å². The van der Waals surface area contributed by atoms with Gasteiger partial charge in [0, 0.05) is 28.5 Å². The second kappa shape index (κ2) is 14.3. The maximum atomic E-state index is 6.75. The molecule has 7 aromatic carbocycles. The first-order valence-corrected chi connectivity index (χ1v) is 24.5. The molecule has 4 unspecified atom stereocenters. The van der Waals surface area contributed by atoms with Crippen molar-refractivity contribution in [3.05, 3.63) is 290 Å². The van der Waals surface area contributed by atoms with Crippen LogP contribution in [0.4, 0.5) is 0 Å². The van der Waals surface area contributed by atoms with Gasteiger partial charge >= 0.3 is 0 Å². The number of rotatable bonds is 2. The van der Waals surface area contributed by atoms with E-state index in [0.717, 1.165) is 48.7 Å². The highest BCUT2D eigenvalue weighted by atomic mass is 16.5. The van der Waals surface area contributed by atoms with Gasteiger partial charge in [0.05, 0.1) is 16.2 Å². The van der Waals surface area contributed by atoms with Gasteiger partial charge in [0.2, 0.25) is 0 Å². The van der Waals surface area contributed by atoms with Gasteiger partial charge in [-0.15, -0.1) is 0 Å². The number of hydrogen-bond donors (Lipinski definition) is 0. The molecule has 322 valence electrons. The van der Waals surface area contributed by atoms with Crippen LogP contribution < -0.4 is 9.47 Å². The third-order valence-electron chi connectivity index (χ3n) is 16.6. The molecular weight excluding hydrogens is 813 g/mol. The summed E-state index contributed by atoms with van der Waals surface area (Å²) in [4.78, 5) is 0. The van der Waals surface area contributed by atoms with E-state index in [9.17, 15) is 0 Å². The van der Waals surface area contributed by atoms with Crippen molar-refractivity contribution in [1.82, 2.24) is 0 Å². The van der Waals surface area contributed by atoms with Crippen molar-refractivity contribution in [2.24, 2.45) is 0 Å². The van der Waals surface area contributed by atoms with Crippen molar-refractivity contribution in [3.8, 4) is 28.4 Å². The van der Waals surface area contributed by atoms with Gasteiger partial charge in [0.1, 0.15) is 23.0 Å². The predicted molar refractivity (Wildman–Crippen MR) is 270 cm³/mol. The Bertz CT molecular complexity index is 3430. The van der Waals surface area contributed by atoms with E-state index in [-0.39, 0.29) is 5.92 Å². The number of benzene rings is 7. The SMILES string of the molecule is C1=CCC2C(=C1)C(C1=CC=C3C(C1)c1ccccc1C31c3ccccc3Oc3ccccc31)(c1ccc3c(c1)-c1ccccc1C31C3=C(C=CCC3)Oc3ccccc31)c1ccccc12.CC. The first-order chi connectivity index (χ1) is 33.2. The summed E-state index contributed by atoms with van der Waals surface area (Å²) < 4.78 is 13.5.